The van der Waals surface area contributed by atoms with Crippen LogP contribution in [0.5, 0.6) is 0 Å². The highest BCUT2D eigenvalue weighted by molar-refractivity contribution is 5.81. The molecule has 6 heteroatoms. The largest absolute Gasteiger partial charge is 0.368 e. The molecule has 0 bridgehead atoms. The Morgan fingerprint density at radius 2 is 2.08 bits per heavy atom. The van der Waals surface area contributed by atoms with Crippen molar-refractivity contribution in [3.8, 4) is 0 Å². The third kappa shape index (κ3) is 3.33. The van der Waals surface area contributed by atoms with E-state index in [9.17, 15) is 9.18 Å². The normalized spacial score (nSPS) is 19.5. The lowest BCUT2D eigenvalue weighted by molar-refractivity contribution is -0.124. The number of rotatable bonds is 5. The number of nitrogens with zero attached hydrogens (tertiary/aromatic N) is 3. The first kappa shape index (κ1) is 16.6. The molecule has 1 aromatic carbocycles. The highest BCUT2D eigenvalue weighted by atomic mass is 19.1. The lowest BCUT2D eigenvalue weighted by atomic mass is 10.0. The number of amides is 1. The van der Waals surface area contributed by atoms with Crippen molar-refractivity contribution in [3.05, 3.63) is 53.1 Å². The van der Waals surface area contributed by atoms with Crippen LogP contribution in [0.15, 0.2) is 30.3 Å². The van der Waals surface area contributed by atoms with Gasteiger partial charge in [-0.2, -0.15) is 5.10 Å². The molecule has 1 aliphatic heterocycles. The summed E-state index contributed by atoms with van der Waals surface area (Å²) in [7, 11) is 0. The Bertz CT molecular complexity index is 725. The Morgan fingerprint density at radius 1 is 1.38 bits per heavy atom. The summed E-state index contributed by atoms with van der Waals surface area (Å²) in [5.74, 6) is -0.718. The summed E-state index contributed by atoms with van der Waals surface area (Å²) in [5.41, 5.74) is 8.52. The molecule has 2 N–H and O–H groups in total. The molecule has 1 aliphatic rings. The number of aromatic nitrogens is 2. The zero-order valence-electron chi connectivity index (χ0n) is 14.1. The van der Waals surface area contributed by atoms with Crippen LogP contribution in [0.4, 0.5) is 4.39 Å². The highest BCUT2D eigenvalue weighted by Crippen LogP contribution is 2.30. The summed E-state index contributed by atoms with van der Waals surface area (Å²) in [5, 5.41) is 4.52. The van der Waals surface area contributed by atoms with Gasteiger partial charge in [-0.25, -0.2) is 4.39 Å². The molecule has 2 atom stereocenters. The standard InChI is InChI=1S/C18H23FN4O/c1-12-10-13(2)23(21-12)11-16-4-3-9-22(16)17(18(20)24)14-5-7-15(19)8-6-14/h5-8,10,16-17H,3-4,9,11H2,1-2H3,(H2,20,24)/t16-,17-/m0/s1. The van der Waals surface area contributed by atoms with E-state index < -0.39 is 11.9 Å². The van der Waals surface area contributed by atoms with Crippen LogP contribution in [0.2, 0.25) is 0 Å². The second-order valence-corrected chi connectivity index (χ2v) is 6.50. The number of aryl methyl sites for hydroxylation is 2. The van der Waals surface area contributed by atoms with Gasteiger partial charge in [-0.15, -0.1) is 0 Å². The fourth-order valence-electron chi connectivity index (χ4n) is 3.62. The smallest absolute Gasteiger partial charge is 0.239 e. The van der Waals surface area contributed by atoms with Crippen LogP contribution in [0.1, 0.15) is 35.8 Å². The Labute approximate surface area is 141 Å². The third-order valence-electron chi connectivity index (χ3n) is 4.70. The Morgan fingerprint density at radius 3 is 2.67 bits per heavy atom. The monoisotopic (exact) mass is 330 g/mol. The van der Waals surface area contributed by atoms with Crippen LogP contribution in [0.25, 0.3) is 0 Å². The number of primary amides is 1. The van der Waals surface area contributed by atoms with E-state index in [4.69, 9.17) is 5.73 Å². The summed E-state index contributed by atoms with van der Waals surface area (Å²) in [6, 6.07) is 7.73. The molecule has 5 nitrogen and oxygen atoms in total. The molecule has 128 valence electrons. The maximum atomic E-state index is 13.2. The molecule has 2 heterocycles. The van der Waals surface area contributed by atoms with Crippen LogP contribution < -0.4 is 5.73 Å². The SMILES string of the molecule is Cc1cc(C)n(C[C@@H]2CCCN2[C@H](C(N)=O)c2ccc(F)cc2)n1. The third-order valence-corrected chi connectivity index (χ3v) is 4.70. The van der Waals surface area contributed by atoms with Gasteiger partial charge in [0.2, 0.25) is 5.91 Å². The van der Waals surface area contributed by atoms with Crippen molar-refractivity contribution < 1.29 is 9.18 Å². The predicted molar refractivity (Wildman–Crippen MR) is 89.8 cm³/mol. The number of halogens is 1. The average molecular weight is 330 g/mol. The number of benzene rings is 1. The van der Waals surface area contributed by atoms with Crippen LogP contribution in [0, 0.1) is 19.7 Å². The van der Waals surface area contributed by atoms with Gasteiger partial charge in [-0.05, 0) is 57.0 Å². The van der Waals surface area contributed by atoms with Crippen LogP contribution in [-0.2, 0) is 11.3 Å². The van der Waals surface area contributed by atoms with Gasteiger partial charge in [0.1, 0.15) is 11.9 Å². The zero-order valence-corrected chi connectivity index (χ0v) is 14.1. The molecule has 2 aromatic rings. The summed E-state index contributed by atoms with van der Waals surface area (Å²) in [4.78, 5) is 14.2. The lowest BCUT2D eigenvalue weighted by Gasteiger charge is -2.31. The molecular formula is C18H23FN4O. The predicted octanol–water partition coefficient (Wildman–Crippen LogP) is 2.33. The Balaban J connectivity index is 1.85. The van der Waals surface area contributed by atoms with E-state index in [1.54, 1.807) is 12.1 Å². The maximum absolute atomic E-state index is 13.2. The van der Waals surface area contributed by atoms with Crippen LogP contribution >= 0.6 is 0 Å². The second-order valence-electron chi connectivity index (χ2n) is 6.50. The van der Waals surface area contributed by atoms with E-state index in [0.717, 1.165) is 42.9 Å². The molecule has 24 heavy (non-hydrogen) atoms. The minimum Gasteiger partial charge on any atom is -0.368 e. The molecule has 0 saturated carbocycles. The van der Waals surface area contributed by atoms with Gasteiger partial charge in [0.15, 0.2) is 0 Å². The van der Waals surface area contributed by atoms with Crippen molar-refractivity contribution in [1.29, 1.82) is 0 Å². The van der Waals surface area contributed by atoms with Gasteiger partial charge < -0.3 is 5.73 Å². The van der Waals surface area contributed by atoms with Crippen molar-refractivity contribution in [3.63, 3.8) is 0 Å². The zero-order chi connectivity index (χ0) is 17.3. The Kier molecular flexibility index (Phi) is 4.66. The van der Waals surface area contributed by atoms with Crippen molar-refractivity contribution in [1.82, 2.24) is 14.7 Å². The molecule has 1 fully saturated rings. The van der Waals surface area contributed by atoms with Gasteiger partial charge in [0.05, 0.1) is 12.2 Å². The molecule has 0 spiro atoms. The fourth-order valence-corrected chi connectivity index (χ4v) is 3.62. The quantitative estimate of drug-likeness (QED) is 0.915. The van der Waals surface area contributed by atoms with Gasteiger partial charge in [-0.1, -0.05) is 12.1 Å². The summed E-state index contributed by atoms with van der Waals surface area (Å²) >= 11 is 0. The summed E-state index contributed by atoms with van der Waals surface area (Å²) < 4.78 is 15.2. The average Bonchev–Trinajstić information content (AvgIpc) is 3.08. The van der Waals surface area contributed by atoms with E-state index in [1.165, 1.54) is 12.1 Å². The molecule has 3 rings (SSSR count). The van der Waals surface area contributed by atoms with E-state index >= 15 is 0 Å². The number of likely N-dealkylation sites (tertiary alicyclic amines) is 1. The first-order valence-electron chi connectivity index (χ1n) is 8.27. The van der Waals surface area contributed by atoms with Gasteiger partial charge in [0, 0.05) is 11.7 Å². The highest BCUT2D eigenvalue weighted by Gasteiger charge is 2.35. The summed E-state index contributed by atoms with van der Waals surface area (Å²) in [6.45, 7) is 5.53. The van der Waals surface area contributed by atoms with Gasteiger partial charge in [0.25, 0.3) is 0 Å². The minimum absolute atomic E-state index is 0.186. The van der Waals surface area contributed by atoms with Crippen molar-refractivity contribution in [2.45, 2.75) is 45.3 Å². The Hall–Kier alpha value is -2.21. The first-order chi connectivity index (χ1) is 11.5. The van der Waals surface area contributed by atoms with E-state index in [0.29, 0.717) is 0 Å². The van der Waals surface area contributed by atoms with E-state index in [2.05, 4.69) is 10.00 Å². The number of hydrogen-bond acceptors (Lipinski definition) is 3. The number of carbonyl (C=O) groups is 1. The minimum atomic E-state index is -0.532. The first-order valence-corrected chi connectivity index (χ1v) is 8.27. The van der Waals surface area contributed by atoms with E-state index in [-0.39, 0.29) is 11.9 Å². The molecule has 1 aromatic heterocycles. The fraction of sp³-hybridized carbons (Fsp3) is 0.444. The van der Waals surface area contributed by atoms with Crippen molar-refractivity contribution in [2.24, 2.45) is 5.73 Å². The molecular weight excluding hydrogens is 307 g/mol. The molecule has 1 amide bonds. The lowest BCUT2D eigenvalue weighted by Crippen LogP contribution is -2.42. The molecule has 0 radical (unpaired) electrons. The maximum Gasteiger partial charge on any atom is 0.239 e. The van der Waals surface area contributed by atoms with Crippen LogP contribution in [0.3, 0.4) is 0 Å². The summed E-state index contributed by atoms with van der Waals surface area (Å²) in [6.07, 6.45) is 2.00. The van der Waals surface area contributed by atoms with Crippen LogP contribution in [-0.4, -0.2) is 33.2 Å². The van der Waals surface area contributed by atoms with Gasteiger partial charge in [-0.3, -0.25) is 14.4 Å². The molecule has 0 aliphatic carbocycles. The van der Waals surface area contributed by atoms with Crippen molar-refractivity contribution in [2.75, 3.05) is 6.54 Å². The molecule has 1 saturated heterocycles. The number of hydrogen-bond donors (Lipinski definition) is 1. The van der Waals surface area contributed by atoms with Gasteiger partial charge >= 0.3 is 0 Å². The van der Waals surface area contributed by atoms with E-state index in [1.807, 2.05) is 24.6 Å². The molecule has 0 unspecified atom stereocenters. The number of carbonyl (C=O) groups excluding carboxylic acids is 1. The van der Waals surface area contributed by atoms with Crippen molar-refractivity contribution >= 4 is 5.91 Å². The number of nitrogens with two attached hydrogens (primary N) is 1. The second kappa shape index (κ2) is 6.73. The topological polar surface area (TPSA) is 64.2 Å².